The van der Waals surface area contributed by atoms with Gasteiger partial charge in [0.05, 0.1) is 25.9 Å². The van der Waals surface area contributed by atoms with Crippen LogP contribution in [0.3, 0.4) is 0 Å². The van der Waals surface area contributed by atoms with Crippen molar-refractivity contribution in [1.29, 1.82) is 0 Å². The number of methoxy groups -OCH3 is 1. The number of anilines is 2. The molecule has 2 aromatic rings. The number of carbonyl (C=O) groups is 4. The lowest BCUT2D eigenvalue weighted by Crippen LogP contribution is -2.48. The molecule has 0 aliphatic carbocycles. The molecule has 0 unspecified atom stereocenters. The van der Waals surface area contributed by atoms with E-state index in [2.05, 4.69) is 5.32 Å². The van der Waals surface area contributed by atoms with Gasteiger partial charge in [-0.25, -0.2) is 0 Å². The van der Waals surface area contributed by atoms with E-state index in [9.17, 15) is 29.4 Å². The third-order valence-electron chi connectivity index (χ3n) is 8.21. The first-order chi connectivity index (χ1) is 21.2. The van der Waals surface area contributed by atoms with Crippen LogP contribution in [-0.4, -0.2) is 85.2 Å². The van der Waals surface area contributed by atoms with Gasteiger partial charge in [0, 0.05) is 62.7 Å². The average molecular weight is 607 g/mol. The van der Waals surface area contributed by atoms with Crippen LogP contribution in [-0.2, 0) is 36.1 Å². The molecule has 1 fully saturated rings. The molecule has 2 aliphatic heterocycles. The lowest BCUT2D eigenvalue weighted by molar-refractivity contribution is -0.140. The van der Waals surface area contributed by atoms with Crippen molar-refractivity contribution in [3.05, 3.63) is 71.8 Å². The van der Waals surface area contributed by atoms with Crippen LogP contribution in [0.4, 0.5) is 11.4 Å². The van der Waals surface area contributed by atoms with E-state index in [0.29, 0.717) is 56.0 Å². The lowest BCUT2D eigenvalue weighted by Gasteiger charge is -2.30. The molecule has 0 spiro atoms. The molecule has 44 heavy (non-hydrogen) atoms. The predicted molar refractivity (Wildman–Crippen MR) is 166 cm³/mol. The third-order valence-corrected chi connectivity index (χ3v) is 8.21. The Labute approximate surface area is 258 Å². The Balaban J connectivity index is 1.55. The van der Waals surface area contributed by atoms with Crippen molar-refractivity contribution >= 4 is 35.1 Å². The molecule has 3 N–H and O–H groups in total. The van der Waals surface area contributed by atoms with E-state index in [4.69, 9.17) is 4.74 Å². The summed E-state index contributed by atoms with van der Waals surface area (Å²) >= 11 is 0. The Morgan fingerprint density at radius 1 is 1.16 bits per heavy atom. The molecule has 0 radical (unpaired) electrons. The first kappa shape index (κ1) is 32.8. The highest BCUT2D eigenvalue weighted by atomic mass is 16.5. The number of ether oxygens (including phenoxy) is 1. The van der Waals surface area contributed by atoms with Gasteiger partial charge in [0.2, 0.25) is 11.8 Å². The van der Waals surface area contributed by atoms with Gasteiger partial charge in [-0.1, -0.05) is 49.4 Å². The van der Waals surface area contributed by atoms with Crippen molar-refractivity contribution < 1.29 is 34.1 Å². The zero-order valence-electron chi connectivity index (χ0n) is 25.4. The smallest absolute Gasteiger partial charge is 0.305 e. The highest BCUT2D eigenvalue weighted by molar-refractivity contribution is 6.08. The maximum absolute atomic E-state index is 13.9. The molecule has 1 saturated heterocycles. The van der Waals surface area contributed by atoms with Crippen LogP contribution in [0.1, 0.15) is 43.7 Å². The van der Waals surface area contributed by atoms with Gasteiger partial charge in [-0.2, -0.15) is 0 Å². The monoisotopic (exact) mass is 606 g/mol. The molecular weight excluding hydrogens is 564 g/mol. The standard InChI is InChI=1S/C33H42N4O7/c1-24(9-8-12-29(39)35(19-20-38)23-25-10-4-3-5-11-25)33(43)27-21-26(36-18-16-34-22-30(36)40)14-15-28(27)37(32(33)42)17-7-6-13-31(41)44-2/h3-5,8-11,14-15,21,24,34,38,43H,6-7,12-13,16-20,22-23H2,1-2H3/b9-8+/t24-,33+/m0/s1. The van der Waals surface area contributed by atoms with Gasteiger partial charge in [0.15, 0.2) is 5.60 Å². The van der Waals surface area contributed by atoms with Crippen molar-refractivity contribution in [3.63, 3.8) is 0 Å². The Morgan fingerprint density at radius 3 is 2.64 bits per heavy atom. The van der Waals surface area contributed by atoms with E-state index < -0.39 is 17.4 Å². The number of nitrogens with one attached hydrogen (secondary N) is 1. The molecule has 0 saturated carbocycles. The molecule has 236 valence electrons. The lowest BCUT2D eigenvalue weighted by atomic mass is 9.82. The van der Waals surface area contributed by atoms with Crippen molar-refractivity contribution in [2.45, 2.75) is 44.8 Å². The quantitative estimate of drug-likeness (QED) is 0.169. The molecule has 2 heterocycles. The Kier molecular flexibility index (Phi) is 11.3. The number of nitrogens with zero attached hydrogens (tertiary/aromatic N) is 3. The molecule has 11 heteroatoms. The van der Waals surface area contributed by atoms with E-state index in [1.165, 1.54) is 12.0 Å². The fourth-order valence-corrected chi connectivity index (χ4v) is 5.70. The molecule has 2 aromatic carbocycles. The van der Waals surface area contributed by atoms with Gasteiger partial charge in [-0.3, -0.25) is 19.2 Å². The fraction of sp³-hybridized carbons (Fsp3) is 0.455. The number of hydrogen-bond donors (Lipinski definition) is 3. The highest BCUT2D eigenvalue weighted by Gasteiger charge is 2.52. The van der Waals surface area contributed by atoms with Crippen LogP contribution in [0.2, 0.25) is 0 Å². The maximum Gasteiger partial charge on any atom is 0.305 e. The number of aliphatic hydroxyl groups excluding tert-OH is 1. The Morgan fingerprint density at radius 2 is 1.93 bits per heavy atom. The summed E-state index contributed by atoms with van der Waals surface area (Å²) in [7, 11) is 1.33. The number of unbranched alkanes of at least 4 members (excludes halogenated alkanes) is 1. The first-order valence-electron chi connectivity index (χ1n) is 15.1. The summed E-state index contributed by atoms with van der Waals surface area (Å²) in [6, 6.07) is 14.8. The van der Waals surface area contributed by atoms with Gasteiger partial charge in [0.1, 0.15) is 0 Å². The van der Waals surface area contributed by atoms with Gasteiger partial charge < -0.3 is 35.0 Å². The number of fused-ring (bicyclic) bond motifs is 1. The van der Waals surface area contributed by atoms with Crippen LogP contribution in [0.15, 0.2) is 60.7 Å². The molecule has 2 aliphatic rings. The summed E-state index contributed by atoms with van der Waals surface area (Å²) in [5.74, 6) is -1.82. The second-order valence-electron chi connectivity index (χ2n) is 11.1. The summed E-state index contributed by atoms with van der Waals surface area (Å²) in [6.07, 6.45) is 4.61. The fourth-order valence-electron chi connectivity index (χ4n) is 5.70. The van der Waals surface area contributed by atoms with E-state index in [1.54, 1.807) is 47.1 Å². The topological polar surface area (TPSA) is 140 Å². The number of amides is 3. The van der Waals surface area contributed by atoms with E-state index >= 15 is 0 Å². The molecule has 0 bridgehead atoms. The largest absolute Gasteiger partial charge is 0.469 e. The summed E-state index contributed by atoms with van der Waals surface area (Å²) in [5.41, 5.74) is 0.559. The van der Waals surface area contributed by atoms with Crippen LogP contribution in [0.25, 0.3) is 0 Å². The Hall–Kier alpha value is -4.06. The summed E-state index contributed by atoms with van der Waals surface area (Å²) in [6.45, 7) is 3.69. The number of aliphatic hydroxyl groups is 2. The van der Waals surface area contributed by atoms with Gasteiger partial charge in [-0.05, 0) is 36.6 Å². The molecule has 0 aromatic heterocycles. The molecular formula is C33H42N4O7. The minimum atomic E-state index is -1.93. The third kappa shape index (κ3) is 7.35. The van der Waals surface area contributed by atoms with E-state index in [0.717, 1.165) is 5.56 Å². The number of benzene rings is 2. The van der Waals surface area contributed by atoms with Crippen LogP contribution in [0, 0.1) is 5.92 Å². The predicted octanol–water partition coefficient (Wildman–Crippen LogP) is 2.10. The summed E-state index contributed by atoms with van der Waals surface area (Å²) in [4.78, 5) is 55.9. The van der Waals surface area contributed by atoms with E-state index in [-0.39, 0.29) is 50.3 Å². The summed E-state index contributed by atoms with van der Waals surface area (Å²) < 4.78 is 4.71. The van der Waals surface area contributed by atoms with Crippen LogP contribution in [0.5, 0.6) is 0 Å². The number of carbonyl (C=O) groups excluding carboxylic acids is 4. The number of esters is 1. The molecule has 4 rings (SSSR count). The zero-order valence-corrected chi connectivity index (χ0v) is 25.4. The highest BCUT2D eigenvalue weighted by Crippen LogP contribution is 2.46. The van der Waals surface area contributed by atoms with E-state index in [1.807, 2.05) is 30.3 Å². The minimum Gasteiger partial charge on any atom is -0.469 e. The maximum atomic E-state index is 13.9. The normalized spacial score (nSPS) is 18.9. The van der Waals surface area contributed by atoms with Crippen molar-refractivity contribution in [1.82, 2.24) is 10.2 Å². The van der Waals surface area contributed by atoms with Gasteiger partial charge >= 0.3 is 5.97 Å². The number of hydrogen-bond acceptors (Lipinski definition) is 8. The molecule has 2 atom stereocenters. The van der Waals surface area contributed by atoms with Crippen molar-refractivity contribution in [2.75, 3.05) is 56.2 Å². The average Bonchev–Trinajstić information content (AvgIpc) is 3.25. The second kappa shape index (κ2) is 15.1. The van der Waals surface area contributed by atoms with Crippen LogP contribution < -0.4 is 15.1 Å². The summed E-state index contributed by atoms with van der Waals surface area (Å²) in [5, 5.41) is 24.7. The van der Waals surface area contributed by atoms with Gasteiger partial charge in [-0.15, -0.1) is 0 Å². The number of piperazine rings is 1. The van der Waals surface area contributed by atoms with Gasteiger partial charge in [0.25, 0.3) is 5.91 Å². The van der Waals surface area contributed by atoms with Crippen molar-refractivity contribution in [3.8, 4) is 0 Å². The second-order valence-corrected chi connectivity index (χ2v) is 11.1. The zero-order chi connectivity index (χ0) is 31.7. The van der Waals surface area contributed by atoms with Crippen LogP contribution >= 0.6 is 0 Å². The molecule has 11 nitrogen and oxygen atoms in total. The first-order valence-corrected chi connectivity index (χ1v) is 15.1. The van der Waals surface area contributed by atoms with Crippen molar-refractivity contribution in [2.24, 2.45) is 5.92 Å². The SMILES string of the molecule is COC(=O)CCCCN1C(=O)[C@@](O)([C@@H](C)/C=C/CC(=O)N(CCO)Cc2ccccc2)c2cc(N3CCNCC3=O)ccc21. The minimum absolute atomic E-state index is 0.0286. The Bertz CT molecular complexity index is 1370. The number of rotatable bonds is 14. The molecule has 3 amide bonds.